The van der Waals surface area contributed by atoms with Crippen LogP contribution >= 0.6 is 12.2 Å². The maximum absolute atomic E-state index is 13.0. The molecule has 0 radical (unpaired) electrons. The van der Waals surface area contributed by atoms with E-state index in [2.05, 4.69) is 31.3 Å². The lowest BCUT2D eigenvalue weighted by Gasteiger charge is -2.13. The summed E-state index contributed by atoms with van der Waals surface area (Å²) in [4.78, 5) is 4.63. The average Bonchev–Trinajstić information content (AvgIpc) is 2.80. The Morgan fingerprint density at radius 2 is 1.33 bits per heavy atom. The van der Waals surface area contributed by atoms with E-state index in [1.807, 2.05) is 60.7 Å². The average molecular weight is 416 g/mol. The summed E-state index contributed by atoms with van der Waals surface area (Å²) in [5.41, 5.74) is 9.53. The Morgan fingerprint density at radius 1 is 0.733 bits per heavy atom. The van der Waals surface area contributed by atoms with Crippen molar-refractivity contribution in [3.05, 3.63) is 90.7 Å². The topological polar surface area (TPSA) is 74.8 Å². The maximum Gasteiger partial charge on any atom is 0.262 e. The largest absolute Gasteiger partial charge is 0.331 e. The number of rotatable bonds is 5. The lowest BCUT2D eigenvalue weighted by atomic mass is 10.0. The van der Waals surface area contributed by atoms with Gasteiger partial charge in [0.2, 0.25) is 0 Å². The van der Waals surface area contributed by atoms with Crippen LogP contribution in [0.15, 0.2) is 84.9 Å². The van der Waals surface area contributed by atoms with Crippen LogP contribution in [0.4, 0.5) is 16.0 Å². The van der Waals surface area contributed by atoms with Gasteiger partial charge < -0.3 is 5.32 Å². The lowest BCUT2D eigenvalue weighted by Crippen LogP contribution is -2.34. The van der Waals surface area contributed by atoms with Gasteiger partial charge in [0.05, 0.1) is 0 Å². The molecule has 6 nitrogen and oxygen atoms in total. The summed E-state index contributed by atoms with van der Waals surface area (Å²) in [5, 5.41) is 11.8. The van der Waals surface area contributed by atoms with Crippen molar-refractivity contribution in [2.45, 2.75) is 0 Å². The molecule has 0 unspecified atom stereocenters. The molecule has 0 spiro atoms. The van der Waals surface area contributed by atoms with E-state index in [0.29, 0.717) is 17.1 Å². The molecule has 3 N–H and O–H groups in total. The molecule has 0 aliphatic heterocycles. The third-order valence-corrected chi connectivity index (χ3v) is 4.38. The van der Waals surface area contributed by atoms with Gasteiger partial charge in [0.15, 0.2) is 5.11 Å². The summed E-state index contributed by atoms with van der Waals surface area (Å²) < 4.78 is 13.0. The number of thiocarbonyl (C=S) groups is 1. The first-order valence-electron chi connectivity index (χ1n) is 9.13. The number of nitrogens with zero attached hydrogens (tertiary/aromatic N) is 3. The van der Waals surface area contributed by atoms with E-state index in [-0.39, 0.29) is 16.9 Å². The van der Waals surface area contributed by atoms with Crippen molar-refractivity contribution in [3.63, 3.8) is 0 Å². The van der Waals surface area contributed by atoms with Crippen molar-refractivity contribution in [1.29, 1.82) is 0 Å². The second kappa shape index (κ2) is 9.06. The highest BCUT2D eigenvalue weighted by molar-refractivity contribution is 7.80. The second-order valence-corrected chi connectivity index (χ2v) is 6.68. The Balaban J connectivity index is 1.54. The van der Waals surface area contributed by atoms with Gasteiger partial charge in [-0.25, -0.2) is 9.37 Å². The molecule has 4 rings (SSSR count). The summed E-state index contributed by atoms with van der Waals surface area (Å²) in [6.07, 6.45) is 0. The molecule has 30 heavy (non-hydrogen) atoms. The molecule has 0 bridgehead atoms. The molecule has 4 aromatic rings. The van der Waals surface area contributed by atoms with Crippen LogP contribution in [0.25, 0.3) is 22.5 Å². The third kappa shape index (κ3) is 4.73. The highest BCUT2D eigenvalue weighted by Crippen LogP contribution is 2.28. The zero-order valence-corrected chi connectivity index (χ0v) is 16.5. The van der Waals surface area contributed by atoms with Crippen LogP contribution in [0, 0.1) is 5.82 Å². The van der Waals surface area contributed by atoms with Crippen LogP contribution in [-0.4, -0.2) is 20.3 Å². The Bertz CT molecular complexity index is 1140. The van der Waals surface area contributed by atoms with Crippen LogP contribution in [0.3, 0.4) is 0 Å². The van der Waals surface area contributed by atoms with Crippen LogP contribution in [0.2, 0.25) is 0 Å². The second-order valence-electron chi connectivity index (χ2n) is 6.28. The molecule has 8 heteroatoms. The van der Waals surface area contributed by atoms with E-state index in [0.717, 1.165) is 11.1 Å². The van der Waals surface area contributed by atoms with Gasteiger partial charge in [-0.2, -0.15) is 0 Å². The van der Waals surface area contributed by atoms with Crippen molar-refractivity contribution in [2.75, 3.05) is 10.7 Å². The van der Waals surface area contributed by atoms with Gasteiger partial charge in [-0.05, 0) is 36.5 Å². The molecule has 0 saturated carbocycles. The van der Waals surface area contributed by atoms with Gasteiger partial charge in [0.1, 0.15) is 17.2 Å². The first-order valence-corrected chi connectivity index (χ1v) is 9.54. The van der Waals surface area contributed by atoms with Crippen molar-refractivity contribution in [3.8, 4) is 22.5 Å². The predicted octanol–water partition coefficient (Wildman–Crippen LogP) is 4.66. The highest BCUT2D eigenvalue weighted by Gasteiger charge is 2.13. The van der Waals surface area contributed by atoms with E-state index in [9.17, 15) is 4.39 Å². The van der Waals surface area contributed by atoms with Crippen LogP contribution in [-0.2, 0) is 0 Å². The SMILES string of the molecule is Fc1ccc(NC(=S)NNc2nnc(-c3ccccc3)c(-c3ccccc3)n2)cc1. The van der Waals surface area contributed by atoms with Crippen molar-refractivity contribution >= 4 is 29.0 Å². The summed E-state index contributed by atoms with van der Waals surface area (Å²) in [5.74, 6) is -0.0548. The monoisotopic (exact) mass is 416 g/mol. The summed E-state index contributed by atoms with van der Waals surface area (Å²) in [7, 11) is 0. The number of hydrogen-bond donors (Lipinski definition) is 3. The van der Waals surface area contributed by atoms with Gasteiger partial charge in [0.25, 0.3) is 5.95 Å². The smallest absolute Gasteiger partial charge is 0.262 e. The summed E-state index contributed by atoms with van der Waals surface area (Å²) in [6.45, 7) is 0. The first kappa shape index (κ1) is 19.4. The molecule has 0 fully saturated rings. The molecule has 0 amide bonds. The lowest BCUT2D eigenvalue weighted by molar-refractivity contribution is 0.628. The zero-order valence-electron chi connectivity index (χ0n) is 15.7. The van der Waals surface area contributed by atoms with E-state index in [1.54, 1.807) is 12.1 Å². The molecule has 3 aromatic carbocycles. The van der Waals surface area contributed by atoms with Crippen LogP contribution < -0.4 is 16.2 Å². The highest BCUT2D eigenvalue weighted by atomic mass is 32.1. The standard InChI is InChI=1S/C22H17FN6S/c23-17-11-13-18(14-12-17)24-22(30)29-28-21-25-19(15-7-3-1-4-8-15)20(26-27-21)16-9-5-2-6-10-16/h1-14H,(H2,24,29,30)(H,25,27,28). The van der Waals surface area contributed by atoms with Gasteiger partial charge in [0, 0.05) is 16.8 Å². The number of hydrogen-bond acceptors (Lipinski definition) is 5. The normalized spacial score (nSPS) is 10.3. The van der Waals surface area contributed by atoms with E-state index >= 15 is 0 Å². The van der Waals surface area contributed by atoms with Gasteiger partial charge >= 0.3 is 0 Å². The Labute approximate surface area is 178 Å². The first-order chi connectivity index (χ1) is 14.7. The number of anilines is 2. The fourth-order valence-corrected chi connectivity index (χ4v) is 2.94. The van der Waals surface area contributed by atoms with Crippen molar-refractivity contribution in [1.82, 2.24) is 20.6 Å². The maximum atomic E-state index is 13.0. The number of aromatic nitrogens is 3. The molecule has 1 aromatic heterocycles. The Morgan fingerprint density at radius 3 is 1.97 bits per heavy atom. The Kier molecular flexibility index (Phi) is 5.86. The fraction of sp³-hybridized carbons (Fsp3) is 0. The van der Waals surface area contributed by atoms with Gasteiger partial charge in [-0.15, -0.1) is 10.2 Å². The third-order valence-electron chi connectivity index (χ3n) is 4.17. The van der Waals surface area contributed by atoms with Crippen molar-refractivity contribution < 1.29 is 4.39 Å². The van der Waals surface area contributed by atoms with Gasteiger partial charge in [-0.3, -0.25) is 10.9 Å². The number of halogens is 1. The van der Waals surface area contributed by atoms with Crippen LogP contribution in [0.1, 0.15) is 0 Å². The Hall–Kier alpha value is -3.91. The van der Waals surface area contributed by atoms with Gasteiger partial charge in [-0.1, -0.05) is 60.7 Å². The number of benzene rings is 3. The quantitative estimate of drug-likeness (QED) is 0.323. The number of nitrogens with one attached hydrogen (secondary N) is 3. The van der Waals surface area contributed by atoms with Crippen molar-refractivity contribution in [2.24, 2.45) is 0 Å². The van der Waals surface area contributed by atoms with Crippen LogP contribution in [0.5, 0.6) is 0 Å². The summed E-state index contributed by atoms with van der Waals surface area (Å²) in [6, 6.07) is 25.4. The minimum Gasteiger partial charge on any atom is -0.331 e. The molecule has 0 aliphatic carbocycles. The molecule has 0 aliphatic rings. The van der Waals surface area contributed by atoms with E-state index in [4.69, 9.17) is 12.2 Å². The molecular weight excluding hydrogens is 399 g/mol. The zero-order chi connectivity index (χ0) is 20.8. The van der Waals surface area contributed by atoms with E-state index < -0.39 is 0 Å². The minimum atomic E-state index is -0.316. The molecular formula is C22H17FN6S. The summed E-state index contributed by atoms with van der Waals surface area (Å²) >= 11 is 5.24. The molecule has 0 atom stereocenters. The molecule has 1 heterocycles. The fourth-order valence-electron chi connectivity index (χ4n) is 2.77. The minimum absolute atomic E-state index is 0.261. The van der Waals surface area contributed by atoms with E-state index in [1.165, 1.54) is 12.1 Å². The number of hydrazine groups is 1. The molecule has 0 saturated heterocycles. The predicted molar refractivity (Wildman–Crippen MR) is 120 cm³/mol. The molecule has 148 valence electrons.